The van der Waals surface area contributed by atoms with Crippen LogP contribution in [0.3, 0.4) is 0 Å². The van der Waals surface area contributed by atoms with Gasteiger partial charge in [-0.25, -0.2) is 0 Å². The van der Waals surface area contributed by atoms with Gasteiger partial charge in [0.25, 0.3) is 0 Å². The molecule has 0 aliphatic carbocycles. The summed E-state index contributed by atoms with van der Waals surface area (Å²) in [4.78, 5) is 4.07. The van der Waals surface area contributed by atoms with Crippen molar-refractivity contribution in [3.05, 3.63) is 30.1 Å². The Morgan fingerprint density at radius 3 is 2.67 bits per heavy atom. The molecule has 0 aliphatic heterocycles. The van der Waals surface area contributed by atoms with Gasteiger partial charge in [-0.05, 0) is 36.3 Å². The zero-order valence-electron chi connectivity index (χ0n) is 9.90. The fourth-order valence-electron chi connectivity index (χ4n) is 1.48. The molecule has 1 aromatic heterocycles. The average Bonchev–Trinajstić information content (AvgIpc) is 2.18. The van der Waals surface area contributed by atoms with Gasteiger partial charge in [-0.3, -0.25) is 4.98 Å². The van der Waals surface area contributed by atoms with Gasteiger partial charge >= 0.3 is 0 Å². The Labute approximate surface area is 92.4 Å². The average molecular weight is 207 g/mol. The fourth-order valence-corrected chi connectivity index (χ4v) is 1.48. The summed E-state index contributed by atoms with van der Waals surface area (Å²) in [5.74, 6) is 0. The summed E-state index contributed by atoms with van der Waals surface area (Å²) in [7, 11) is 0. The Kier molecular flexibility index (Phi) is 4.28. The van der Waals surface area contributed by atoms with Gasteiger partial charge in [-0.2, -0.15) is 0 Å². The number of aryl methyl sites for hydroxylation is 1. The van der Waals surface area contributed by atoms with E-state index in [-0.39, 0.29) is 11.5 Å². The van der Waals surface area contributed by atoms with Crippen molar-refractivity contribution < 1.29 is 5.11 Å². The van der Waals surface area contributed by atoms with E-state index < -0.39 is 0 Å². The second-order valence-electron chi connectivity index (χ2n) is 5.14. The summed E-state index contributed by atoms with van der Waals surface area (Å²) in [5.41, 5.74) is 1.24. The second-order valence-corrected chi connectivity index (χ2v) is 5.14. The maximum Gasteiger partial charge on any atom is 0.0588 e. The Morgan fingerprint density at radius 2 is 2.13 bits per heavy atom. The molecule has 1 unspecified atom stereocenters. The van der Waals surface area contributed by atoms with Crippen LogP contribution in [0.1, 0.15) is 39.2 Å². The molecule has 1 N–H and O–H groups in total. The van der Waals surface area contributed by atoms with Crippen LogP contribution >= 0.6 is 0 Å². The van der Waals surface area contributed by atoms with E-state index in [1.165, 1.54) is 5.56 Å². The standard InChI is InChI=1S/C13H21NO/c1-13(2,3)12(15)8-4-6-11-7-5-9-14-10-11/h5,7,9-10,12,15H,4,6,8H2,1-3H3. The lowest BCUT2D eigenvalue weighted by Gasteiger charge is -2.25. The maximum absolute atomic E-state index is 9.85. The Bertz CT molecular complexity index is 276. The van der Waals surface area contributed by atoms with Crippen LogP contribution in [0.2, 0.25) is 0 Å². The first-order valence-electron chi connectivity index (χ1n) is 5.57. The molecule has 1 heterocycles. The zero-order chi connectivity index (χ0) is 11.3. The summed E-state index contributed by atoms with van der Waals surface area (Å²) in [6.45, 7) is 6.21. The molecule has 0 aromatic carbocycles. The number of aliphatic hydroxyl groups excluding tert-OH is 1. The van der Waals surface area contributed by atoms with Crippen LogP contribution in [0.15, 0.2) is 24.5 Å². The Hall–Kier alpha value is -0.890. The van der Waals surface area contributed by atoms with Gasteiger partial charge in [0.05, 0.1) is 6.10 Å². The second kappa shape index (κ2) is 5.26. The van der Waals surface area contributed by atoms with Crippen LogP contribution in [0, 0.1) is 5.41 Å². The molecule has 2 heteroatoms. The third kappa shape index (κ3) is 4.43. The molecule has 0 aliphatic rings. The van der Waals surface area contributed by atoms with E-state index in [0.717, 1.165) is 19.3 Å². The van der Waals surface area contributed by atoms with E-state index in [4.69, 9.17) is 0 Å². The molecule has 1 atom stereocenters. The van der Waals surface area contributed by atoms with Gasteiger partial charge < -0.3 is 5.11 Å². The minimum atomic E-state index is -0.214. The van der Waals surface area contributed by atoms with Crippen LogP contribution in [-0.4, -0.2) is 16.2 Å². The molecule has 0 fully saturated rings. The van der Waals surface area contributed by atoms with Crippen molar-refractivity contribution in [1.82, 2.24) is 4.98 Å². The quantitative estimate of drug-likeness (QED) is 0.823. The van der Waals surface area contributed by atoms with Crippen molar-refractivity contribution >= 4 is 0 Å². The number of hydrogen-bond donors (Lipinski definition) is 1. The van der Waals surface area contributed by atoms with Gasteiger partial charge in [-0.15, -0.1) is 0 Å². The van der Waals surface area contributed by atoms with Crippen molar-refractivity contribution in [2.24, 2.45) is 5.41 Å². The predicted molar refractivity (Wildman–Crippen MR) is 62.6 cm³/mol. The van der Waals surface area contributed by atoms with E-state index in [0.29, 0.717) is 0 Å². The molecule has 84 valence electrons. The van der Waals surface area contributed by atoms with Crippen molar-refractivity contribution in [3.63, 3.8) is 0 Å². The largest absolute Gasteiger partial charge is 0.393 e. The van der Waals surface area contributed by atoms with Gasteiger partial charge in [0.15, 0.2) is 0 Å². The van der Waals surface area contributed by atoms with Crippen LogP contribution in [0.4, 0.5) is 0 Å². The Morgan fingerprint density at radius 1 is 1.40 bits per heavy atom. The van der Waals surface area contributed by atoms with Gasteiger partial charge in [0.1, 0.15) is 0 Å². The lowest BCUT2D eigenvalue weighted by Crippen LogP contribution is -2.25. The normalized spacial score (nSPS) is 13.9. The molecule has 15 heavy (non-hydrogen) atoms. The number of pyridine rings is 1. The fraction of sp³-hybridized carbons (Fsp3) is 0.615. The lowest BCUT2D eigenvalue weighted by atomic mass is 9.86. The Balaban J connectivity index is 2.28. The van der Waals surface area contributed by atoms with E-state index in [2.05, 4.69) is 31.8 Å². The number of aromatic nitrogens is 1. The van der Waals surface area contributed by atoms with E-state index >= 15 is 0 Å². The number of nitrogens with zero attached hydrogens (tertiary/aromatic N) is 1. The number of aliphatic hydroxyl groups is 1. The summed E-state index contributed by atoms with van der Waals surface area (Å²) < 4.78 is 0. The van der Waals surface area contributed by atoms with Crippen LogP contribution < -0.4 is 0 Å². The summed E-state index contributed by atoms with van der Waals surface area (Å²) in [6.07, 6.45) is 6.34. The van der Waals surface area contributed by atoms with Crippen molar-refractivity contribution in [1.29, 1.82) is 0 Å². The lowest BCUT2D eigenvalue weighted by molar-refractivity contribution is 0.0540. The molecule has 0 bridgehead atoms. The predicted octanol–water partition coefficient (Wildman–Crippen LogP) is 2.81. The van der Waals surface area contributed by atoms with Crippen LogP contribution in [0.5, 0.6) is 0 Å². The topological polar surface area (TPSA) is 33.1 Å². The number of rotatable bonds is 4. The van der Waals surface area contributed by atoms with E-state index in [9.17, 15) is 5.11 Å². The first-order chi connectivity index (χ1) is 7.00. The highest BCUT2D eigenvalue weighted by Gasteiger charge is 2.21. The third-order valence-electron chi connectivity index (χ3n) is 2.67. The monoisotopic (exact) mass is 207 g/mol. The molecule has 0 radical (unpaired) electrons. The molecular weight excluding hydrogens is 186 g/mol. The minimum absolute atomic E-state index is 0.00502. The highest BCUT2D eigenvalue weighted by Crippen LogP contribution is 2.23. The van der Waals surface area contributed by atoms with Crippen molar-refractivity contribution in [2.45, 2.75) is 46.1 Å². The van der Waals surface area contributed by atoms with Crippen molar-refractivity contribution in [3.8, 4) is 0 Å². The molecule has 2 nitrogen and oxygen atoms in total. The number of hydrogen-bond acceptors (Lipinski definition) is 2. The highest BCUT2D eigenvalue weighted by molar-refractivity contribution is 5.08. The maximum atomic E-state index is 9.85. The van der Waals surface area contributed by atoms with E-state index in [1.807, 2.05) is 12.3 Å². The van der Waals surface area contributed by atoms with Gasteiger partial charge in [0, 0.05) is 12.4 Å². The first-order valence-corrected chi connectivity index (χ1v) is 5.57. The zero-order valence-corrected chi connectivity index (χ0v) is 9.90. The molecule has 0 spiro atoms. The molecule has 0 saturated carbocycles. The SMILES string of the molecule is CC(C)(C)C(O)CCCc1cccnc1. The molecule has 0 saturated heterocycles. The molecule has 0 amide bonds. The van der Waals surface area contributed by atoms with Crippen molar-refractivity contribution in [2.75, 3.05) is 0 Å². The molecule has 1 rings (SSSR count). The minimum Gasteiger partial charge on any atom is -0.393 e. The van der Waals surface area contributed by atoms with Gasteiger partial charge in [0.2, 0.25) is 0 Å². The molecular formula is C13H21NO. The first kappa shape index (κ1) is 12.2. The summed E-state index contributed by atoms with van der Waals surface area (Å²) in [6, 6.07) is 4.03. The summed E-state index contributed by atoms with van der Waals surface area (Å²) >= 11 is 0. The smallest absolute Gasteiger partial charge is 0.0588 e. The van der Waals surface area contributed by atoms with Crippen LogP contribution in [0.25, 0.3) is 0 Å². The molecule has 1 aromatic rings. The van der Waals surface area contributed by atoms with E-state index in [1.54, 1.807) is 6.20 Å². The van der Waals surface area contributed by atoms with Gasteiger partial charge in [-0.1, -0.05) is 26.8 Å². The summed E-state index contributed by atoms with van der Waals surface area (Å²) in [5, 5.41) is 9.85. The third-order valence-corrected chi connectivity index (χ3v) is 2.67. The highest BCUT2D eigenvalue weighted by atomic mass is 16.3. The van der Waals surface area contributed by atoms with Crippen LogP contribution in [-0.2, 0) is 6.42 Å².